The topological polar surface area (TPSA) is 26.3 Å². The van der Waals surface area contributed by atoms with Crippen LogP contribution in [0.3, 0.4) is 0 Å². The molecule has 15 heavy (non-hydrogen) atoms. The Morgan fingerprint density at radius 1 is 1.33 bits per heavy atom. The first kappa shape index (κ1) is 11.1. The molecule has 1 rings (SSSR count). The number of carbonyl (C=O) groups is 1. The van der Waals surface area contributed by atoms with Gasteiger partial charge in [-0.05, 0) is 19.1 Å². The highest BCUT2D eigenvalue weighted by Crippen LogP contribution is 1.97. The van der Waals surface area contributed by atoms with E-state index in [1.165, 1.54) is 13.2 Å². The summed E-state index contributed by atoms with van der Waals surface area (Å²) in [6, 6.07) is 9.60. The van der Waals surface area contributed by atoms with Gasteiger partial charge in [0.05, 0.1) is 7.11 Å². The van der Waals surface area contributed by atoms with E-state index in [2.05, 4.69) is 16.6 Å². The fourth-order valence-electron chi connectivity index (χ4n) is 0.964. The summed E-state index contributed by atoms with van der Waals surface area (Å²) >= 11 is 0. The summed E-state index contributed by atoms with van der Waals surface area (Å²) in [4.78, 5) is 10.9. The number of esters is 1. The van der Waals surface area contributed by atoms with Crippen LogP contribution in [0.25, 0.3) is 0 Å². The standard InChI is InChI=1S/C13H12O2/c1-11(10-13(14)15-2)8-9-12-6-4-3-5-7-12/h3-7,10H,1-2H3/b11-10-. The van der Waals surface area contributed by atoms with Crippen LogP contribution in [0.15, 0.2) is 42.0 Å². The maximum absolute atomic E-state index is 10.9. The lowest BCUT2D eigenvalue weighted by Crippen LogP contribution is -1.94. The van der Waals surface area contributed by atoms with Crippen molar-refractivity contribution >= 4 is 5.97 Å². The van der Waals surface area contributed by atoms with Gasteiger partial charge >= 0.3 is 5.97 Å². The highest BCUT2D eigenvalue weighted by Gasteiger charge is 1.92. The Hall–Kier alpha value is -2.01. The molecule has 2 heteroatoms. The van der Waals surface area contributed by atoms with Crippen LogP contribution in [-0.4, -0.2) is 13.1 Å². The molecule has 0 fully saturated rings. The summed E-state index contributed by atoms with van der Waals surface area (Å²) in [7, 11) is 1.34. The largest absolute Gasteiger partial charge is 0.466 e. The van der Waals surface area contributed by atoms with E-state index in [-0.39, 0.29) is 5.97 Å². The Morgan fingerprint density at radius 2 is 2.00 bits per heavy atom. The van der Waals surface area contributed by atoms with Crippen LogP contribution in [-0.2, 0) is 9.53 Å². The van der Waals surface area contributed by atoms with Gasteiger partial charge in [0.15, 0.2) is 0 Å². The Bertz CT molecular complexity index is 419. The fourth-order valence-corrected chi connectivity index (χ4v) is 0.964. The number of benzene rings is 1. The van der Waals surface area contributed by atoms with Crippen LogP contribution in [0.4, 0.5) is 0 Å². The number of methoxy groups -OCH3 is 1. The lowest BCUT2D eigenvalue weighted by atomic mass is 10.2. The molecule has 0 aliphatic heterocycles. The van der Waals surface area contributed by atoms with Gasteiger partial charge in [0, 0.05) is 17.2 Å². The van der Waals surface area contributed by atoms with Crippen molar-refractivity contribution in [3.05, 3.63) is 47.5 Å². The molecule has 0 bridgehead atoms. The molecule has 2 nitrogen and oxygen atoms in total. The number of hydrogen-bond acceptors (Lipinski definition) is 2. The highest BCUT2D eigenvalue weighted by atomic mass is 16.5. The van der Waals surface area contributed by atoms with Crippen molar-refractivity contribution < 1.29 is 9.53 Å². The minimum atomic E-state index is -0.380. The molecule has 0 radical (unpaired) electrons. The van der Waals surface area contributed by atoms with Crippen molar-refractivity contribution in [3.63, 3.8) is 0 Å². The van der Waals surface area contributed by atoms with Crippen molar-refractivity contribution in [1.29, 1.82) is 0 Å². The number of hydrogen-bond donors (Lipinski definition) is 0. The quantitative estimate of drug-likeness (QED) is 0.394. The predicted octanol–water partition coefficient (Wildman–Crippen LogP) is 2.16. The zero-order valence-corrected chi connectivity index (χ0v) is 8.78. The summed E-state index contributed by atoms with van der Waals surface area (Å²) in [5.74, 6) is 5.44. The number of carbonyl (C=O) groups excluding carboxylic acids is 1. The number of ether oxygens (including phenoxy) is 1. The predicted molar refractivity (Wildman–Crippen MR) is 59.1 cm³/mol. The van der Waals surface area contributed by atoms with E-state index in [0.29, 0.717) is 5.57 Å². The first-order chi connectivity index (χ1) is 7.22. The van der Waals surface area contributed by atoms with Crippen LogP contribution in [0.5, 0.6) is 0 Å². The molecule has 0 unspecified atom stereocenters. The molecule has 0 saturated carbocycles. The van der Waals surface area contributed by atoms with Crippen LogP contribution in [0.2, 0.25) is 0 Å². The zero-order valence-electron chi connectivity index (χ0n) is 8.78. The van der Waals surface area contributed by atoms with E-state index in [1.54, 1.807) is 6.92 Å². The van der Waals surface area contributed by atoms with E-state index < -0.39 is 0 Å². The second-order valence-corrected chi connectivity index (χ2v) is 2.97. The van der Waals surface area contributed by atoms with Crippen LogP contribution < -0.4 is 0 Å². The number of rotatable bonds is 1. The lowest BCUT2D eigenvalue weighted by Gasteiger charge is -1.90. The van der Waals surface area contributed by atoms with Gasteiger partial charge in [-0.2, -0.15) is 0 Å². The Labute approximate surface area is 89.6 Å². The molecule has 0 aromatic heterocycles. The van der Waals surface area contributed by atoms with Gasteiger partial charge < -0.3 is 4.74 Å². The Morgan fingerprint density at radius 3 is 2.60 bits per heavy atom. The van der Waals surface area contributed by atoms with Crippen LogP contribution in [0, 0.1) is 11.8 Å². The Kier molecular flexibility index (Phi) is 4.18. The summed E-state index contributed by atoms with van der Waals surface area (Å²) in [5, 5.41) is 0. The second-order valence-electron chi connectivity index (χ2n) is 2.97. The van der Waals surface area contributed by atoms with Gasteiger partial charge in [0.25, 0.3) is 0 Å². The van der Waals surface area contributed by atoms with Gasteiger partial charge in [0.1, 0.15) is 0 Å². The molecule has 0 amide bonds. The molecule has 0 heterocycles. The average molecular weight is 200 g/mol. The van der Waals surface area contributed by atoms with Gasteiger partial charge in [-0.15, -0.1) is 0 Å². The van der Waals surface area contributed by atoms with Crippen molar-refractivity contribution in [3.8, 4) is 11.8 Å². The molecule has 0 saturated heterocycles. The minimum Gasteiger partial charge on any atom is -0.466 e. The maximum Gasteiger partial charge on any atom is 0.331 e. The third-order valence-electron chi connectivity index (χ3n) is 1.71. The highest BCUT2D eigenvalue weighted by molar-refractivity contribution is 5.83. The fraction of sp³-hybridized carbons (Fsp3) is 0.154. The summed E-state index contributed by atoms with van der Waals surface area (Å²) in [5.41, 5.74) is 1.61. The average Bonchev–Trinajstić information content (AvgIpc) is 2.27. The third-order valence-corrected chi connectivity index (χ3v) is 1.71. The zero-order chi connectivity index (χ0) is 11.1. The summed E-state index contributed by atoms with van der Waals surface area (Å²) in [6.07, 6.45) is 1.37. The van der Waals surface area contributed by atoms with E-state index in [0.717, 1.165) is 5.56 Å². The third kappa shape index (κ3) is 4.15. The molecule has 0 spiro atoms. The summed E-state index contributed by atoms with van der Waals surface area (Å²) in [6.45, 7) is 1.77. The van der Waals surface area contributed by atoms with E-state index in [9.17, 15) is 4.79 Å². The van der Waals surface area contributed by atoms with Gasteiger partial charge in [-0.25, -0.2) is 4.79 Å². The summed E-state index contributed by atoms with van der Waals surface area (Å²) < 4.78 is 4.49. The normalized spacial score (nSPS) is 10.1. The van der Waals surface area contributed by atoms with Crippen molar-refractivity contribution in [2.24, 2.45) is 0 Å². The van der Waals surface area contributed by atoms with Gasteiger partial charge in [-0.3, -0.25) is 0 Å². The molecule has 1 aromatic carbocycles. The van der Waals surface area contributed by atoms with Crippen molar-refractivity contribution in [2.45, 2.75) is 6.92 Å². The molecule has 76 valence electrons. The molecule has 0 atom stereocenters. The van der Waals surface area contributed by atoms with E-state index >= 15 is 0 Å². The SMILES string of the molecule is COC(=O)/C=C(/C)C#Cc1ccccc1. The smallest absolute Gasteiger partial charge is 0.331 e. The first-order valence-electron chi connectivity index (χ1n) is 4.55. The van der Waals surface area contributed by atoms with E-state index in [1.807, 2.05) is 30.3 Å². The first-order valence-corrected chi connectivity index (χ1v) is 4.55. The lowest BCUT2D eigenvalue weighted by molar-refractivity contribution is -0.134. The molecular weight excluding hydrogens is 188 g/mol. The van der Waals surface area contributed by atoms with E-state index in [4.69, 9.17) is 0 Å². The van der Waals surface area contributed by atoms with Crippen LogP contribution >= 0.6 is 0 Å². The van der Waals surface area contributed by atoms with Gasteiger partial charge in [-0.1, -0.05) is 30.0 Å². The van der Waals surface area contributed by atoms with Crippen molar-refractivity contribution in [2.75, 3.05) is 7.11 Å². The van der Waals surface area contributed by atoms with Gasteiger partial charge in [0.2, 0.25) is 0 Å². The number of allylic oxidation sites excluding steroid dienone is 1. The molecular formula is C13H12O2. The molecule has 1 aromatic rings. The minimum absolute atomic E-state index is 0.380. The molecule has 0 N–H and O–H groups in total. The maximum atomic E-state index is 10.9. The monoisotopic (exact) mass is 200 g/mol. The second kappa shape index (κ2) is 5.66. The Balaban J connectivity index is 2.74. The molecule has 0 aliphatic rings. The van der Waals surface area contributed by atoms with Crippen LogP contribution in [0.1, 0.15) is 12.5 Å². The van der Waals surface area contributed by atoms with Crippen molar-refractivity contribution in [1.82, 2.24) is 0 Å². The molecule has 0 aliphatic carbocycles.